The van der Waals surface area contributed by atoms with Crippen molar-refractivity contribution in [2.75, 3.05) is 5.43 Å². The van der Waals surface area contributed by atoms with Crippen LogP contribution < -0.4 is 5.43 Å². The Morgan fingerprint density at radius 1 is 1.14 bits per heavy atom. The molecule has 0 saturated carbocycles. The molecule has 4 nitrogen and oxygen atoms in total. The lowest BCUT2D eigenvalue weighted by Crippen LogP contribution is -2.01. The van der Waals surface area contributed by atoms with Crippen molar-refractivity contribution in [3.05, 3.63) is 64.9 Å². The third-order valence-corrected chi connectivity index (χ3v) is 3.65. The van der Waals surface area contributed by atoms with Gasteiger partial charge in [0.1, 0.15) is 5.82 Å². The number of fused-ring (bicyclic) bond motifs is 1. The fourth-order valence-corrected chi connectivity index (χ4v) is 2.39. The molecule has 0 saturated heterocycles. The second-order valence-corrected chi connectivity index (χ2v) is 5.47. The van der Waals surface area contributed by atoms with Gasteiger partial charge >= 0.3 is 0 Å². The van der Waals surface area contributed by atoms with Gasteiger partial charge in [-0.3, -0.25) is 10.4 Å². The molecule has 0 amide bonds. The van der Waals surface area contributed by atoms with Gasteiger partial charge in [-0.1, -0.05) is 11.6 Å². The van der Waals surface area contributed by atoms with E-state index < -0.39 is 0 Å². The van der Waals surface area contributed by atoms with Gasteiger partial charge in [0.25, 0.3) is 0 Å². The van der Waals surface area contributed by atoms with Gasteiger partial charge in [-0.25, -0.2) is 4.98 Å². The molecule has 1 N–H and O–H groups in total. The van der Waals surface area contributed by atoms with Crippen LogP contribution in [0.4, 0.5) is 5.82 Å². The normalized spacial score (nSPS) is 11.7. The quantitative estimate of drug-likeness (QED) is 0.575. The van der Waals surface area contributed by atoms with E-state index in [9.17, 15) is 0 Å². The number of nitrogens with one attached hydrogen (secondary N) is 1. The molecule has 3 aromatic rings. The van der Waals surface area contributed by atoms with Crippen molar-refractivity contribution in [1.82, 2.24) is 9.97 Å². The van der Waals surface area contributed by atoms with Crippen LogP contribution in [0.3, 0.4) is 0 Å². The highest BCUT2D eigenvalue weighted by molar-refractivity contribution is 6.31. The maximum absolute atomic E-state index is 6.03. The van der Waals surface area contributed by atoms with Crippen molar-refractivity contribution in [3.63, 3.8) is 0 Å². The molecule has 0 atom stereocenters. The first-order chi connectivity index (χ1) is 10.6. The summed E-state index contributed by atoms with van der Waals surface area (Å²) >= 11 is 6.03. The van der Waals surface area contributed by atoms with Crippen LogP contribution in [-0.4, -0.2) is 15.7 Å². The van der Waals surface area contributed by atoms with Crippen LogP contribution in [0, 0.1) is 6.92 Å². The van der Waals surface area contributed by atoms with Gasteiger partial charge in [0, 0.05) is 28.4 Å². The summed E-state index contributed by atoms with van der Waals surface area (Å²) in [5, 5.41) is 6.14. The summed E-state index contributed by atoms with van der Waals surface area (Å²) in [4.78, 5) is 8.55. The van der Waals surface area contributed by atoms with Crippen LogP contribution in [0.15, 0.2) is 53.9 Å². The van der Waals surface area contributed by atoms with Crippen LogP contribution in [0.5, 0.6) is 0 Å². The number of rotatable bonds is 3. The lowest BCUT2D eigenvalue weighted by Gasteiger charge is -2.07. The fraction of sp³-hybridized carbons (Fsp3) is 0.118. The molecular formula is C17H15ClN4. The first kappa shape index (κ1) is 14.5. The van der Waals surface area contributed by atoms with Crippen molar-refractivity contribution in [1.29, 1.82) is 0 Å². The molecular weight excluding hydrogens is 296 g/mol. The largest absolute Gasteiger partial charge is 0.265 e. The topological polar surface area (TPSA) is 50.2 Å². The second kappa shape index (κ2) is 6.12. The molecule has 110 valence electrons. The van der Waals surface area contributed by atoms with Crippen LogP contribution in [0.25, 0.3) is 10.9 Å². The minimum Gasteiger partial charge on any atom is -0.265 e. The third kappa shape index (κ3) is 3.07. The predicted molar refractivity (Wildman–Crippen MR) is 91.6 cm³/mol. The Kier molecular flexibility index (Phi) is 4.02. The van der Waals surface area contributed by atoms with E-state index in [1.807, 2.05) is 50.2 Å². The van der Waals surface area contributed by atoms with Gasteiger partial charge in [0.15, 0.2) is 0 Å². The standard InChI is InChI=1S/C17H15ClN4/c1-11-9-17(20-16-4-3-14(18)10-15(11)16)22-21-12(2)13-5-7-19-8-6-13/h3-10H,1-2H3,(H,20,22). The van der Waals surface area contributed by atoms with Gasteiger partial charge in [0.05, 0.1) is 11.2 Å². The molecule has 0 aliphatic carbocycles. The number of benzene rings is 1. The van der Waals surface area contributed by atoms with Crippen molar-refractivity contribution in [2.24, 2.45) is 5.10 Å². The summed E-state index contributed by atoms with van der Waals surface area (Å²) in [6, 6.07) is 11.5. The minimum absolute atomic E-state index is 0.709. The average Bonchev–Trinajstić information content (AvgIpc) is 2.54. The lowest BCUT2D eigenvalue weighted by atomic mass is 10.1. The van der Waals surface area contributed by atoms with Crippen LogP contribution in [-0.2, 0) is 0 Å². The van der Waals surface area contributed by atoms with Gasteiger partial charge < -0.3 is 0 Å². The Bertz CT molecular complexity index is 844. The van der Waals surface area contributed by atoms with Crippen LogP contribution in [0.1, 0.15) is 18.1 Å². The third-order valence-electron chi connectivity index (χ3n) is 3.41. The summed E-state index contributed by atoms with van der Waals surface area (Å²) in [7, 11) is 0. The van der Waals surface area contributed by atoms with E-state index >= 15 is 0 Å². The SMILES string of the molecule is CC(=NNc1cc(C)c2cc(Cl)ccc2n1)c1ccncc1. The number of hydrogen-bond acceptors (Lipinski definition) is 4. The molecule has 5 heteroatoms. The molecule has 0 unspecified atom stereocenters. The second-order valence-electron chi connectivity index (χ2n) is 5.03. The Hall–Kier alpha value is -2.46. The van der Waals surface area contributed by atoms with E-state index in [0.29, 0.717) is 10.8 Å². The van der Waals surface area contributed by atoms with Gasteiger partial charge in [-0.15, -0.1) is 0 Å². The van der Waals surface area contributed by atoms with Crippen molar-refractivity contribution < 1.29 is 0 Å². The van der Waals surface area contributed by atoms with E-state index in [2.05, 4.69) is 20.5 Å². The average molecular weight is 311 g/mol. The van der Waals surface area contributed by atoms with Crippen molar-refractivity contribution in [2.45, 2.75) is 13.8 Å². The molecule has 0 bridgehead atoms. The molecule has 22 heavy (non-hydrogen) atoms. The molecule has 1 aromatic carbocycles. The number of anilines is 1. The molecule has 3 rings (SSSR count). The van der Waals surface area contributed by atoms with Crippen molar-refractivity contribution >= 4 is 34.0 Å². The summed E-state index contributed by atoms with van der Waals surface area (Å²) in [5.74, 6) is 0.709. The number of aromatic nitrogens is 2. The molecule has 0 spiro atoms. The summed E-state index contributed by atoms with van der Waals surface area (Å²) < 4.78 is 0. The zero-order chi connectivity index (χ0) is 15.5. The zero-order valence-electron chi connectivity index (χ0n) is 12.3. The molecule has 0 radical (unpaired) electrons. The molecule has 0 aliphatic rings. The number of nitrogens with zero attached hydrogens (tertiary/aromatic N) is 3. The monoisotopic (exact) mass is 310 g/mol. The maximum atomic E-state index is 6.03. The number of aryl methyl sites for hydroxylation is 1. The number of hydrazone groups is 1. The Balaban J connectivity index is 1.90. The minimum atomic E-state index is 0.709. The summed E-state index contributed by atoms with van der Waals surface area (Å²) in [6.45, 7) is 3.97. The van der Waals surface area contributed by atoms with E-state index in [0.717, 1.165) is 27.7 Å². The highest BCUT2D eigenvalue weighted by atomic mass is 35.5. The van der Waals surface area contributed by atoms with Gasteiger partial charge in [-0.2, -0.15) is 5.10 Å². The Morgan fingerprint density at radius 3 is 2.68 bits per heavy atom. The number of halogens is 1. The molecule has 2 aromatic heterocycles. The Morgan fingerprint density at radius 2 is 1.91 bits per heavy atom. The molecule has 0 aliphatic heterocycles. The lowest BCUT2D eigenvalue weighted by molar-refractivity contribution is 1.23. The Labute approximate surface area is 133 Å². The first-order valence-corrected chi connectivity index (χ1v) is 7.29. The van der Waals surface area contributed by atoms with Crippen LogP contribution in [0.2, 0.25) is 5.02 Å². The molecule has 2 heterocycles. The van der Waals surface area contributed by atoms with E-state index in [1.165, 1.54) is 0 Å². The van der Waals surface area contributed by atoms with E-state index in [1.54, 1.807) is 12.4 Å². The summed E-state index contributed by atoms with van der Waals surface area (Å²) in [5.41, 5.74) is 6.90. The van der Waals surface area contributed by atoms with E-state index in [-0.39, 0.29) is 0 Å². The highest BCUT2D eigenvalue weighted by Gasteiger charge is 2.03. The zero-order valence-corrected chi connectivity index (χ0v) is 13.1. The van der Waals surface area contributed by atoms with Crippen LogP contribution >= 0.6 is 11.6 Å². The van der Waals surface area contributed by atoms with Gasteiger partial charge in [-0.05, 0) is 55.8 Å². The summed E-state index contributed by atoms with van der Waals surface area (Å²) in [6.07, 6.45) is 3.49. The van der Waals surface area contributed by atoms with E-state index in [4.69, 9.17) is 11.6 Å². The highest BCUT2D eigenvalue weighted by Crippen LogP contribution is 2.23. The molecule has 0 fully saturated rings. The smallest absolute Gasteiger partial charge is 0.147 e. The fourth-order valence-electron chi connectivity index (χ4n) is 2.22. The maximum Gasteiger partial charge on any atom is 0.147 e. The number of hydrogen-bond donors (Lipinski definition) is 1. The first-order valence-electron chi connectivity index (χ1n) is 6.91. The number of pyridine rings is 2. The predicted octanol–water partition coefficient (Wildman–Crippen LogP) is 4.43. The van der Waals surface area contributed by atoms with Gasteiger partial charge in [0.2, 0.25) is 0 Å². The van der Waals surface area contributed by atoms with Crippen molar-refractivity contribution in [3.8, 4) is 0 Å².